The maximum Gasteiger partial charge on any atom is 0.246 e. The molecule has 6 N–H and O–H groups in total. The first kappa shape index (κ1) is 79.8. The molecule has 0 aromatic heterocycles. The topological polar surface area (TPSA) is 291 Å². The molecule has 0 aromatic carbocycles. The van der Waals surface area contributed by atoms with Gasteiger partial charge in [-0.3, -0.25) is 52.7 Å². The standard InChI is InChI=1S/C64H116N12O12/c1-23-26-30-43(14)55(79)54-59(83)68-45(29-24-2)60(84)70(16)36-50(77)72(18)47(33-38(4)5)58(82)69-52(41(10)11)63(87)74(20)48(34-39(6)7)57(81)66-44(15)56(80)67-46(31-27-28-32-65-25-3)61(85)71(17)37-51(78)73(19)49(35-40(8)9)62(86)75(21)53(42(12)13)64(88)76(54)22/h23,26,38-49,52-55,65,79H,24-25,27-37H2,1-22H3,(H,66,81)(H,67,80)(H,68,83)(H,69,82)/b26-23+/t43-,44-,45-,46?,47+,48+,49+,52-,53-,54?,55-/m1/s1. The summed E-state index contributed by atoms with van der Waals surface area (Å²) >= 11 is 0. The number of nitrogens with zero attached hydrogens (tertiary/aromatic N) is 7. The first-order chi connectivity index (χ1) is 40.9. The zero-order valence-electron chi connectivity index (χ0n) is 57.7. The number of rotatable bonds is 20. The van der Waals surface area contributed by atoms with Crippen LogP contribution in [0, 0.1) is 35.5 Å². The predicted molar refractivity (Wildman–Crippen MR) is 341 cm³/mol. The summed E-state index contributed by atoms with van der Waals surface area (Å²) in [5.74, 6) is -9.48. The van der Waals surface area contributed by atoms with Gasteiger partial charge in [0.05, 0.1) is 19.2 Å². The summed E-state index contributed by atoms with van der Waals surface area (Å²) in [5, 5.41) is 26.6. The lowest BCUT2D eigenvalue weighted by Crippen LogP contribution is -2.63. The van der Waals surface area contributed by atoms with Crippen LogP contribution < -0.4 is 26.6 Å². The molecule has 1 aliphatic heterocycles. The second-order valence-electron chi connectivity index (χ2n) is 26.3. The van der Waals surface area contributed by atoms with Gasteiger partial charge in [-0.15, -0.1) is 0 Å². The van der Waals surface area contributed by atoms with Crippen LogP contribution in [0.5, 0.6) is 0 Å². The second kappa shape index (κ2) is 38.4. The van der Waals surface area contributed by atoms with Gasteiger partial charge < -0.3 is 66.0 Å². The van der Waals surface area contributed by atoms with Crippen LogP contribution in [0.15, 0.2) is 12.2 Å². The first-order valence-corrected chi connectivity index (χ1v) is 32.0. The van der Waals surface area contributed by atoms with Crippen molar-refractivity contribution in [2.24, 2.45) is 35.5 Å². The number of unbranched alkanes of at least 4 members (excludes halogenated alkanes) is 1. The van der Waals surface area contributed by atoms with Crippen LogP contribution in [0.25, 0.3) is 0 Å². The summed E-state index contributed by atoms with van der Waals surface area (Å²) < 4.78 is 0. The third-order valence-electron chi connectivity index (χ3n) is 16.5. The molecular formula is C64H116N12O12. The van der Waals surface area contributed by atoms with E-state index >= 15 is 4.79 Å². The Balaban J connectivity index is 4.32. The van der Waals surface area contributed by atoms with Gasteiger partial charge in [-0.25, -0.2) is 0 Å². The number of amides is 11. The highest BCUT2D eigenvalue weighted by Crippen LogP contribution is 2.25. The molecule has 1 heterocycles. The number of carbonyl (C=O) groups excluding carboxylic acids is 11. The van der Waals surface area contributed by atoms with Crippen molar-refractivity contribution in [3.63, 3.8) is 0 Å². The maximum absolute atomic E-state index is 15.1. The van der Waals surface area contributed by atoms with Crippen LogP contribution in [-0.4, -0.2) is 240 Å². The van der Waals surface area contributed by atoms with E-state index in [0.717, 1.165) is 16.3 Å². The number of nitrogens with one attached hydrogen (secondary N) is 5. The Labute approximate surface area is 527 Å². The molecule has 11 atom stereocenters. The zero-order chi connectivity index (χ0) is 67.8. The van der Waals surface area contributed by atoms with Crippen molar-refractivity contribution >= 4 is 65.0 Å². The molecule has 504 valence electrons. The van der Waals surface area contributed by atoms with E-state index in [-0.39, 0.29) is 49.9 Å². The Morgan fingerprint density at radius 3 is 1.43 bits per heavy atom. The monoisotopic (exact) mass is 1240 g/mol. The number of aliphatic hydroxyl groups is 1. The minimum absolute atomic E-state index is 0.0929. The van der Waals surface area contributed by atoms with E-state index in [2.05, 4.69) is 26.6 Å². The van der Waals surface area contributed by atoms with Gasteiger partial charge in [0.2, 0.25) is 65.0 Å². The van der Waals surface area contributed by atoms with Crippen LogP contribution in [0.2, 0.25) is 0 Å². The first-order valence-electron chi connectivity index (χ1n) is 32.0. The van der Waals surface area contributed by atoms with Crippen LogP contribution in [0.3, 0.4) is 0 Å². The highest BCUT2D eigenvalue weighted by molar-refractivity contribution is 5.99. The zero-order valence-corrected chi connectivity index (χ0v) is 57.7. The number of hydrogen-bond acceptors (Lipinski definition) is 13. The lowest BCUT2D eigenvalue weighted by Gasteiger charge is -2.41. The summed E-state index contributed by atoms with van der Waals surface area (Å²) in [4.78, 5) is 169. The van der Waals surface area contributed by atoms with Crippen molar-refractivity contribution in [1.29, 1.82) is 0 Å². The van der Waals surface area contributed by atoms with E-state index in [1.54, 1.807) is 54.5 Å². The molecule has 88 heavy (non-hydrogen) atoms. The van der Waals surface area contributed by atoms with E-state index in [1.807, 2.05) is 54.5 Å². The van der Waals surface area contributed by atoms with Gasteiger partial charge in [0.1, 0.15) is 54.4 Å². The Morgan fingerprint density at radius 2 is 0.966 bits per heavy atom. The fraction of sp³-hybridized carbons (Fsp3) is 0.797. The molecule has 0 radical (unpaired) electrons. The van der Waals surface area contributed by atoms with Gasteiger partial charge in [-0.05, 0) is 114 Å². The van der Waals surface area contributed by atoms with Crippen molar-refractivity contribution in [3.05, 3.63) is 12.2 Å². The summed E-state index contributed by atoms with van der Waals surface area (Å²) in [6.45, 7) is 27.2. The number of likely N-dealkylation sites (N-methyl/N-ethyl adjacent to an activating group) is 7. The van der Waals surface area contributed by atoms with Gasteiger partial charge in [-0.1, -0.05) is 109 Å². The van der Waals surface area contributed by atoms with E-state index in [9.17, 15) is 53.1 Å². The number of carbonyl (C=O) groups is 11. The quantitative estimate of drug-likeness (QED) is 0.0756. The molecule has 0 spiro atoms. The van der Waals surface area contributed by atoms with Gasteiger partial charge >= 0.3 is 0 Å². The molecular weight excluding hydrogens is 1130 g/mol. The fourth-order valence-electron chi connectivity index (χ4n) is 10.9. The molecule has 24 nitrogen and oxygen atoms in total. The molecule has 0 aliphatic carbocycles. The second-order valence-corrected chi connectivity index (χ2v) is 26.3. The fourth-order valence-corrected chi connectivity index (χ4v) is 10.9. The van der Waals surface area contributed by atoms with Crippen molar-refractivity contribution in [1.82, 2.24) is 60.9 Å². The molecule has 24 heteroatoms. The summed E-state index contributed by atoms with van der Waals surface area (Å²) in [7, 11) is 9.90. The molecule has 11 amide bonds. The highest BCUT2D eigenvalue weighted by Gasteiger charge is 2.45. The van der Waals surface area contributed by atoms with Crippen LogP contribution in [-0.2, 0) is 52.7 Å². The Bertz CT molecular complexity index is 2350. The molecule has 1 saturated heterocycles. The average molecular weight is 1250 g/mol. The van der Waals surface area contributed by atoms with Crippen LogP contribution in [0.1, 0.15) is 162 Å². The largest absolute Gasteiger partial charge is 0.390 e. The number of aliphatic hydroxyl groups excluding tert-OH is 1. The highest BCUT2D eigenvalue weighted by atomic mass is 16.3. The molecule has 1 fully saturated rings. The molecule has 2 unspecified atom stereocenters. The Hall–Kier alpha value is -6.17. The summed E-state index contributed by atoms with van der Waals surface area (Å²) in [5.41, 5.74) is 0. The van der Waals surface area contributed by atoms with Gasteiger partial charge in [0, 0.05) is 49.3 Å². The van der Waals surface area contributed by atoms with E-state index in [0.29, 0.717) is 32.2 Å². The van der Waals surface area contributed by atoms with Gasteiger partial charge in [0.25, 0.3) is 0 Å². The normalized spacial score (nSPS) is 25.5. The van der Waals surface area contributed by atoms with Crippen LogP contribution in [0.4, 0.5) is 0 Å². The van der Waals surface area contributed by atoms with E-state index in [4.69, 9.17) is 0 Å². The molecule has 0 aromatic rings. The van der Waals surface area contributed by atoms with E-state index < -0.39 is 156 Å². The van der Waals surface area contributed by atoms with E-state index in [1.165, 1.54) is 80.8 Å². The molecule has 0 saturated carbocycles. The SMILES string of the molecule is C/C=C/C[C@@H](C)[C@@H](O)C1C(=O)N[C@H](CCC)C(=O)N(C)CC(=O)N(C)[C@@H](CC(C)C)C(=O)N[C@H](C(C)C)C(=O)N(C)[C@@H](CC(C)C)C(=O)N[C@H](C)C(=O)NC(CCCCNCC)C(=O)N(C)CC(=O)N(C)[C@@H](CC(C)C)C(=O)N(C)[C@H](C(C)C)C(=O)N1C. The molecule has 0 bridgehead atoms. The predicted octanol–water partition coefficient (Wildman–Crippen LogP) is 3.00. The third kappa shape index (κ3) is 24.0. The smallest absolute Gasteiger partial charge is 0.246 e. The number of allylic oxidation sites excluding steroid dienone is 2. The minimum atomic E-state index is -1.61. The lowest BCUT2D eigenvalue weighted by atomic mass is 9.91. The average Bonchev–Trinajstić information content (AvgIpc) is 2.60. The minimum Gasteiger partial charge on any atom is -0.390 e. The van der Waals surface area contributed by atoms with Crippen molar-refractivity contribution in [2.45, 2.75) is 222 Å². The van der Waals surface area contributed by atoms with Gasteiger partial charge in [-0.2, -0.15) is 0 Å². The van der Waals surface area contributed by atoms with Crippen molar-refractivity contribution in [3.8, 4) is 0 Å². The molecule has 1 aliphatic rings. The summed E-state index contributed by atoms with van der Waals surface area (Å²) in [6, 6.07) is -11.1. The van der Waals surface area contributed by atoms with Crippen molar-refractivity contribution < 1.29 is 57.8 Å². The summed E-state index contributed by atoms with van der Waals surface area (Å²) in [6.07, 6.45) is 4.67. The Kier molecular flexibility index (Phi) is 34.8. The maximum atomic E-state index is 15.1. The van der Waals surface area contributed by atoms with Gasteiger partial charge in [0.15, 0.2) is 0 Å². The Morgan fingerprint density at radius 1 is 0.511 bits per heavy atom. The number of hydrogen-bond donors (Lipinski definition) is 6. The molecule has 1 rings (SSSR count). The third-order valence-corrected chi connectivity index (χ3v) is 16.5. The van der Waals surface area contributed by atoms with Crippen molar-refractivity contribution in [2.75, 3.05) is 75.5 Å². The van der Waals surface area contributed by atoms with Crippen LogP contribution >= 0.6 is 0 Å². The lowest BCUT2D eigenvalue weighted by molar-refractivity contribution is -0.156.